The fraction of sp³-hybridized carbons (Fsp3) is 0.273. The monoisotopic (exact) mass is 270 g/mol. The lowest BCUT2D eigenvalue weighted by Gasteiger charge is -1.97. The van der Waals surface area contributed by atoms with Crippen molar-refractivity contribution in [1.82, 2.24) is 4.98 Å². The molecule has 1 N–H and O–H groups in total. The van der Waals surface area contributed by atoms with Crippen molar-refractivity contribution in [3.8, 4) is 0 Å². The summed E-state index contributed by atoms with van der Waals surface area (Å²) >= 11 is 7.03. The molecule has 4 nitrogen and oxygen atoms in total. The summed E-state index contributed by atoms with van der Waals surface area (Å²) in [5.74, 6) is 0.757. The number of furan rings is 1. The van der Waals surface area contributed by atoms with Gasteiger partial charge in [-0.25, -0.2) is 4.98 Å². The molecule has 0 fully saturated rings. The maximum Gasteiger partial charge on any atom is 0.293 e. The van der Waals surface area contributed by atoms with E-state index < -0.39 is 0 Å². The van der Waals surface area contributed by atoms with Gasteiger partial charge in [0.25, 0.3) is 5.91 Å². The van der Waals surface area contributed by atoms with E-state index in [1.165, 1.54) is 11.3 Å². The first-order valence-electron chi connectivity index (χ1n) is 5.00. The number of rotatable bonds is 3. The van der Waals surface area contributed by atoms with E-state index in [-0.39, 0.29) is 17.5 Å². The molecule has 0 saturated heterocycles. The fourth-order valence-electron chi connectivity index (χ4n) is 1.26. The summed E-state index contributed by atoms with van der Waals surface area (Å²) in [6.07, 6.45) is 0. The van der Waals surface area contributed by atoms with Crippen LogP contribution >= 0.6 is 22.9 Å². The Morgan fingerprint density at radius 3 is 2.82 bits per heavy atom. The molecule has 0 aliphatic rings. The quantitative estimate of drug-likeness (QED) is 0.870. The van der Waals surface area contributed by atoms with Crippen LogP contribution in [-0.4, -0.2) is 10.9 Å². The van der Waals surface area contributed by atoms with Gasteiger partial charge in [-0.1, -0.05) is 0 Å². The molecule has 0 aromatic carbocycles. The second-order valence-electron chi connectivity index (χ2n) is 3.51. The molecular formula is C11H11ClN2O2S. The Morgan fingerprint density at radius 1 is 1.53 bits per heavy atom. The zero-order valence-corrected chi connectivity index (χ0v) is 11.0. The van der Waals surface area contributed by atoms with Gasteiger partial charge in [0.15, 0.2) is 10.9 Å². The van der Waals surface area contributed by atoms with Crippen LogP contribution in [0.25, 0.3) is 0 Å². The van der Waals surface area contributed by atoms with Crippen molar-refractivity contribution in [3.63, 3.8) is 0 Å². The molecule has 0 radical (unpaired) electrons. The molecule has 0 saturated carbocycles. The smallest absolute Gasteiger partial charge is 0.293 e. The highest BCUT2D eigenvalue weighted by Crippen LogP contribution is 2.22. The van der Waals surface area contributed by atoms with Crippen LogP contribution in [0.3, 0.4) is 0 Å². The van der Waals surface area contributed by atoms with Crippen LogP contribution in [0, 0.1) is 13.8 Å². The summed E-state index contributed by atoms with van der Waals surface area (Å²) in [6, 6.07) is 3.28. The molecule has 2 aromatic rings. The highest BCUT2D eigenvalue weighted by atomic mass is 35.5. The number of amides is 1. The maximum atomic E-state index is 11.8. The number of anilines is 1. The van der Waals surface area contributed by atoms with E-state index in [4.69, 9.17) is 16.0 Å². The van der Waals surface area contributed by atoms with Gasteiger partial charge in [0.2, 0.25) is 0 Å². The molecular weight excluding hydrogens is 260 g/mol. The SMILES string of the molecule is Cc1nc(NC(=O)c2ccc(CCl)o2)sc1C. The van der Waals surface area contributed by atoms with Gasteiger partial charge in [0, 0.05) is 4.88 Å². The fourth-order valence-corrected chi connectivity index (χ4v) is 2.21. The van der Waals surface area contributed by atoms with Gasteiger partial charge in [0.05, 0.1) is 11.6 Å². The van der Waals surface area contributed by atoms with Crippen LogP contribution in [0.2, 0.25) is 0 Å². The van der Waals surface area contributed by atoms with Gasteiger partial charge >= 0.3 is 0 Å². The molecule has 0 aliphatic carbocycles. The Hall–Kier alpha value is -1.33. The van der Waals surface area contributed by atoms with E-state index in [0.717, 1.165) is 10.6 Å². The van der Waals surface area contributed by atoms with Crippen molar-refractivity contribution in [1.29, 1.82) is 0 Å². The standard InChI is InChI=1S/C11H11ClN2O2S/c1-6-7(2)17-11(13-6)14-10(15)9-4-3-8(5-12)16-9/h3-4H,5H2,1-2H3,(H,13,14,15). The third-order valence-electron chi connectivity index (χ3n) is 2.27. The van der Waals surface area contributed by atoms with Gasteiger partial charge in [-0.05, 0) is 26.0 Å². The summed E-state index contributed by atoms with van der Waals surface area (Å²) in [5.41, 5.74) is 0.922. The van der Waals surface area contributed by atoms with E-state index in [2.05, 4.69) is 10.3 Å². The largest absolute Gasteiger partial charge is 0.455 e. The molecule has 2 rings (SSSR count). The van der Waals surface area contributed by atoms with E-state index in [1.807, 2.05) is 13.8 Å². The van der Waals surface area contributed by atoms with Crippen molar-refractivity contribution in [3.05, 3.63) is 34.2 Å². The molecule has 1 amide bonds. The number of halogens is 1. The predicted molar refractivity (Wildman–Crippen MR) is 67.8 cm³/mol. The third-order valence-corrected chi connectivity index (χ3v) is 3.52. The van der Waals surface area contributed by atoms with Gasteiger partial charge < -0.3 is 4.42 Å². The molecule has 0 aliphatic heterocycles. The number of carbonyl (C=O) groups is 1. The molecule has 0 atom stereocenters. The number of thiazole rings is 1. The van der Waals surface area contributed by atoms with Crippen LogP contribution < -0.4 is 5.32 Å². The molecule has 2 aromatic heterocycles. The highest BCUT2D eigenvalue weighted by molar-refractivity contribution is 7.15. The number of nitrogens with zero attached hydrogens (tertiary/aromatic N) is 1. The van der Waals surface area contributed by atoms with Crippen molar-refractivity contribution in [2.24, 2.45) is 0 Å². The van der Waals surface area contributed by atoms with Crippen LogP contribution in [0.15, 0.2) is 16.5 Å². The number of hydrogen-bond acceptors (Lipinski definition) is 4. The summed E-state index contributed by atoms with van der Waals surface area (Å²) < 4.78 is 5.24. The molecule has 0 bridgehead atoms. The van der Waals surface area contributed by atoms with Crippen molar-refractivity contribution >= 4 is 34.0 Å². The Kier molecular flexibility index (Phi) is 3.49. The maximum absolute atomic E-state index is 11.8. The minimum Gasteiger partial charge on any atom is -0.455 e. The van der Waals surface area contributed by atoms with Gasteiger partial charge in [-0.15, -0.1) is 22.9 Å². The Bertz CT molecular complexity index is 528. The predicted octanol–water partition coefficient (Wildman–Crippen LogP) is 3.34. The van der Waals surface area contributed by atoms with Crippen LogP contribution in [0.5, 0.6) is 0 Å². The van der Waals surface area contributed by atoms with E-state index in [1.54, 1.807) is 12.1 Å². The second-order valence-corrected chi connectivity index (χ2v) is 4.98. The van der Waals surface area contributed by atoms with Crippen LogP contribution in [-0.2, 0) is 5.88 Å². The van der Waals surface area contributed by atoms with Crippen molar-refractivity contribution in [2.75, 3.05) is 5.32 Å². The van der Waals surface area contributed by atoms with Gasteiger partial charge in [-0.3, -0.25) is 10.1 Å². The van der Waals surface area contributed by atoms with E-state index in [0.29, 0.717) is 10.9 Å². The van der Waals surface area contributed by atoms with Crippen molar-refractivity contribution in [2.45, 2.75) is 19.7 Å². The van der Waals surface area contributed by atoms with Gasteiger partial charge in [0.1, 0.15) is 5.76 Å². The molecule has 0 spiro atoms. The summed E-state index contributed by atoms with van der Waals surface area (Å²) in [4.78, 5) is 17.1. The molecule has 2 heterocycles. The van der Waals surface area contributed by atoms with Gasteiger partial charge in [-0.2, -0.15) is 0 Å². The molecule has 90 valence electrons. The van der Waals surface area contributed by atoms with E-state index in [9.17, 15) is 4.79 Å². The Labute approximate surface area is 108 Å². The lowest BCUT2D eigenvalue weighted by atomic mass is 10.4. The number of alkyl halides is 1. The lowest BCUT2D eigenvalue weighted by molar-refractivity contribution is 0.0995. The summed E-state index contributed by atoms with van der Waals surface area (Å²) in [6.45, 7) is 3.86. The first-order valence-corrected chi connectivity index (χ1v) is 6.35. The van der Waals surface area contributed by atoms with E-state index >= 15 is 0 Å². The molecule has 6 heteroatoms. The minimum absolute atomic E-state index is 0.242. The molecule has 0 unspecified atom stereocenters. The average Bonchev–Trinajstić information content (AvgIpc) is 2.87. The number of hydrogen-bond donors (Lipinski definition) is 1. The molecule has 17 heavy (non-hydrogen) atoms. The highest BCUT2D eigenvalue weighted by Gasteiger charge is 2.13. The zero-order valence-electron chi connectivity index (χ0n) is 9.41. The van der Waals surface area contributed by atoms with Crippen LogP contribution in [0.4, 0.5) is 5.13 Å². The van der Waals surface area contributed by atoms with Crippen LogP contribution in [0.1, 0.15) is 26.9 Å². The first-order chi connectivity index (χ1) is 8.10. The minimum atomic E-state index is -0.310. The Balaban J connectivity index is 2.11. The number of aromatic nitrogens is 1. The number of carbonyl (C=O) groups excluding carboxylic acids is 1. The number of nitrogens with one attached hydrogen (secondary N) is 1. The average molecular weight is 271 g/mol. The topological polar surface area (TPSA) is 55.1 Å². The Morgan fingerprint density at radius 2 is 2.29 bits per heavy atom. The number of aryl methyl sites for hydroxylation is 2. The normalized spacial score (nSPS) is 10.5. The second kappa shape index (κ2) is 4.89. The first kappa shape index (κ1) is 12.1. The third kappa shape index (κ3) is 2.68. The summed E-state index contributed by atoms with van der Waals surface area (Å²) in [7, 11) is 0. The zero-order chi connectivity index (χ0) is 12.4. The van der Waals surface area contributed by atoms with Crippen molar-refractivity contribution < 1.29 is 9.21 Å². The lowest BCUT2D eigenvalue weighted by Crippen LogP contribution is -2.10. The summed E-state index contributed by atoms with van der Waals surface area (Å²) in [5, 5.41) is 3.27.